The lowest BCUT2D eigenvalue weighted by atomic mass is 9.60. The number of fused-ring (bicyclic) bond motifs is 20. The maximum Gasteiger partial charge on any atom is 0.143 e. The maximum atomic E-state index is 7.37. The lowest BCUT2D eigenvalue weighted by molar-refractivity contribution is 0.411. The smallest absolute Gasteiger partial charge is 0.143 e. The van der Waals surface area contributed by atoms with Gasteiger partial charge >= 0.3 is 0 Å². The zero-order chi connectivity index (χ0) is 62.7. The van der Waals surface area contributed by atoms with Crippen molar-refractivity contribution >= 4 is 38.9 Å². The highest BCUT2D eigenvalue weighted by atomic mass is 16.5. The number of furan rings is 1. The third-order valence-electron chi connectivity index (χ3n) is 23.1. The Morgan fingerprint density at radius 3 is 1.54 bits per heavy atom. The molecule has 0 amide bonds. The fourth-order valence-electron chi connectivity index (χ4n) is 18.6. The molecule has 0 saturated heterocycles. The molecule has 2 atom stereocenters. The van der Waals surface area contributed by atoms with Gasteiger partial charge in [0.25, 0.3) is 0 Å². The number of anilines is 2. The Balaban J connectivity index is 0.910. The topological polar surface area (TPSA) is 34.8 Å². The van der Waals surface area contributed by atoms with E-state index in [1.807, 2.05) is 0 Å². The van der Waals surface area contributed by atoms with Gasteiger partial charge in [-0.05, 0) is 176 Å². The summed E-state index contributed by atoms with van der Waals surface area (Å²) in [6.07, 6.45) is 17.7. The summed E-state index contributed by atoms with van der Waals surface area (Å²) in [5.41, 5.74) is 25.5. The van der Waals surface area contributed by atoms with Crippen molar-refractivity contribution < 1.29 is 13.9 Å². The van der Waals surface area contributed by atoms with E-state index in [0.29, 0.717) is 11.8 Å². The molecule has 1 aromatic heterocycles. The lowest BCUT2D eigenvalue weighted by Gasteiger charge is -2.47. The van der Waals surface area contributed by atoms with Crippen LogP contribution in [0.3, 0.4) is 0 Å². The molecule has 5 aliphatic carbocycles. The van der Waals surface area contributed by atoms with Crippen LogP contribution in [0.25, 0.3) is 49.8 Å². The summed E-state index contributed by atoms with van der Waals surface area (Å²) >= 11 is 0. The van der Waals surface area contributed by atoms with Crippen LogP contribution >= 0.6 is 0 Å². The molecule has 10 aromatic carbocycles. The van der Waals surface area contributed by atoms with Crippen molar-refractivity contribution in [2.24, 2.45) is 5.92 Å². The molecule has 460 valence electrons. The Morgan fingerprint density at radius 2 is 0.914 bits per heavy atom. The summed E-state index contributed by atoms with van der Waals surface area (Å²) in [5.74, 6) is 4.74. The first-order valence-electron chi connectivity index (χ1n) is 34.8. The predicted octanol–water partition coefficient (Wildman–Crippen LogP) is 24.0. The number of ether oxygens (including phenoxy) is 2. The Bertz CT molecular complexity index is 4830. The van der Waals surface area contributed by atoms with Crippen LogP contribution in [0.5, 0.6) is 23.0 Å². The van der Waals surface area contributed by atoms with Crippen molar-refractivity contribution in [3.8, 4) is 45.3 Å². The first-order valence-corrected chi connectivity index (χ1v) is 34.8. The van der Waals surface area contributed by atoms with E-state index in [-0.39, 0.29) is 22.8 Å². The molecule has 2 unspecified atom stereocenters. The lowest BCUT2D eigenvalue weighted by Crippen LogP contribution is -2.43. The summed E-state index contributed by atoms with van der Waals surface area (Å²) in [7, 11) is 0. The van der Waals surface area contributed by atoms with Gasteiger partial charge in [-0.15, -0.1) is 0 Å². The van der Waals surface area contributed by atoms with Crippen LogP contribution in [0.2, 0.25) is 0 Å². The maximum absolute atomic E-state index is 7.37. The first kappa shape index (κ1) is 56.6. The second-order valence-electron chi connectivity index (χ2n) is 30.3. The molecule has 93 heavy (non-hydrogen) atoms. The first-order chi connectivity index (χ1) is 45.3. The normalized spacial score (nSPS) is 19.1. The van der Waals surface area contributed by atoms with E-state index in [1.54, 1.807) is 0 Å². The van der Waals surface area contributed by atoms with Crippen molar-refractivity contribution in [3.05, 3.63) is 291 Å². The van der Waals surface area contributed by atoms with Gasteiger partial charge in [0.2, 0.25) is 0 Å². The van der Waals surface area contributed by atoms with Crippen LogP contribution in [0.1, 0.15) is 191 Å². The Morgan fingerprint density at radius 1 is 0.409 bits per heavy atom. The van der Waals surface area contributed by atoms with Gasteiger partial charge in [-0.3, -0.25) is 0 Å². The van der Waals surface area contributed by atoms with Crippen LogP contribution in [-0.2, 0) is 21.7 Å². The third kappa shape index (κ3) is 8.35. The van der Waals surface area contributed by atoms with Crippen molar-refractivity contribution in [2.75, 3.05) is 4.90 Å². The highest BCUT2D eigenvalue weighted by Gasteiger charge is 2.57. The summed E-state index contributed by atoms with van der Waals surface area (Å²) in [6.45, 7) is 16.6. The molecule has 0 radical (unpaired) electrons. The highest BCUT2D eigenvalue weighted by molar-refractivity contribution is 6.11. The quantitative estimate of drug-likeness (QED) is 0.166. The van der Waals surface area contributed by atoms with Gasteiger partial charge in [0, 0.05) is 61.4 Å². The predicted molar refractivity (Wildman–Crippen MR) is 382 cm³/mol. The third-order valence-corrected chi connectivity index (χ3v) is 23.1. The Labute approximate surface area is 548 Å². The molecule has 0 bridgehead atoms. The minimum atomic E-state index is -0.735. The number of allylic oxidation sites excluding steroid dienone is 2. The molecule has 2 saturated carbocycles. The molecular weight excluding hydrogens is 1130 g/mol. The summed E-state index contributed by atoms with van der Waals surface area (Å²) in [6, 6.07) is 79.3. The van der Waals surface area contributed by atoms with Crippen molar-refractivity contribution in [2.45, 2.75) is 152 Å². The van der Waals surface area contributed by atoms with Gasteiger partial charge in [0.05, 0.1) is 16.9 Å². The van der Waals surface area contributed by atoms with E-state index in [0.717, 1.165) is 67.4 Å². The molecule has 11 aromatic rings. The molecule has 2 fully saturated rings. The minimum absolute atomic E-state index is 0.0458. The Hall–Kier alpha value is -9.12. The number of benzene rings is 10. The van der Waals surface area contributed by atoms with Gasteiger partial charge in [-0.2, -0.15) is 0 Å². The second-order valence-corrected chi connectivity index (χ2v) is 30.3. The van der Waals surface area contributed by atoms with E-state index >= 15 is 0 Å². The molecule has 2 spiro atoms. The number of hydrogen-bond acceptors (Lipinski definition) is 4. The summed E-state index contributed by atoms with van der Waals surface area (Å²) in [4.78, 5) is 2.74. The van der Waals surface area contributed by atoms with Gasteiger partial charge in [-0.1, -0.05) is 245 Å². The highest BCUT2D eigenvalue weighted by Crippen LogP contribution is 2.67. The van der Waals surface area contributed by atoms with Crippen LogP contribution in [-0.4, -0.2) is 6.04 Å². The average molecular weight is 1210 g/mol. The van der Waals surface area contributed by atoms with Gasteiger partial charge in [-0.25, -0.2) is 0 Å². The molecular formula is C89H81NO3. The molecule has 18 rings (SSSR count). The van der Waals surface area contributed by atoms with E-state index in [4.69, 9.17) is 13.9 Å². The van der Waals surface area contributed by atoms with Gasteiger partial charge in [0.15, 0.2) is 0 Å². The van der Waals surface area contributed by atoms with E-state index in [9.17, 15) is 0 Å². The fourth-order valence-corrected chi connectivity index (χ4v) is 18.6. The molecule has 0 N–H and O–H groups in total. The van der Waals surface area contributed by atoms with Crippen molar-refractivity contribution in [1.29, 1.82) is 0 Å². The summed E-state index contributed by atoms with van der Waals surface area (Å²) < 4.78 is 21.6. The zero-order valence-electron chi connectivity index (χ0n) is 54.8. The van der Waals surface area contributed by atoms with Gasteiger partial charge < -0.3 is 18.8 Å². The van der Waals surface area contributed by atoms with Crippen LogP contribution in [0.15, 0.2) is 228 Å². The van der Waals surface area contributed by atoms with E-state index in [1.165, 1.54) is 153 Å². The number of nitrogens with zero attached hydrogens (tertiary/aromatic N) is 1. The van der Waals surface area contributed by atoms with Gasteiger partial charge in [0.1, 0.15) is 34.2 Å². The van der Waals surface area contributed by atoms with Crippen LogP contribution in [0, 0.1) is 5.92 Å². The zero-order valence-corrected chi connectivity index (χ0v) is 54.8. The SMILES string of the molecule is CC1C2=C(C=CC1N(c1ccc3c(c1)C1(c4cc(C(C)(C)C)ccc4Oc4ccc(C(C)(C)C)cc41)c1ccccc1-3)c1ccccc1-c1cccc3c1oc1ccccc13)c1ccccc1C21c2cc(C3CCCCC3)ccc2Oc2ccc(C3CCCCC3)cc21. The summed E-state index contributed by atoms with van der Waals surface area (Å²) in [5, 5.41) is 2.24. The minimum Gasteiger partial charge on any atom is -0.457 e. The largest absolute Gasteiger partial charge is 0.457 e. The molecule has 7 aliphatic rings. The Kier molecular flexibility index (Phi) is 12.8. The van der Waals surface area contributed by atoms with Crippen molar-refractivity contribution in [3.63, 3.8) is 0 Å². The second kappa shape index (κ2) is 20.9. The number of para-hydroxylation sites is 3. The number of hydrogen-bond donors (Lipinski definition) is 0. The molecule has 4 heteroatoms. The molecule has 3 heterocycles. The van der Waals surface area contributed by atoms with E-state index in [2.05, 4.69) is 272 Å². The standard InChI is InChI=1S/C89H81NO3/c1-54-77(44-43-67-63-28-15-19-34-71(63)89(84(54)67)73-49-57(55-23-10-8-11-24-55)37-45-80(73)91-81-46-38-58(50-74(81)89)56-25-12-9-13-26-56)90(78-35-20-16-29-65(78)68-31-22-32-69-66-30-17-21-36-79(66)93-85(68)69)61-41-42-64-62-27-14-18-33-70(62)88(72(64)53-61)75-51-59(86(2,3)4)39-47-82(75)92-83-48-40-60(52-76(83)88)87(5,6)7/h14-22,27-56,77H,8-13,23-26H2,1-7H3. The van der Waals surface area contributed by atoms with Crippen molar-refractivity contribution in [1.82, 2.24) is 0 Å². The number of rotatable bonds is 6. The van der Waals surface area contributed by atoms with E-state index < -0.39 is 10.8 Å². The average Bonchev–Trinajstić information content (AvgIpc) is 1.56. The molecule has 4 nitrogen and oxygen atoms in total. The monoisotopic (exact) mass is 1210 g/mol. The fraction of sp³-hybridized carbons (Fsp3) is 0.281. The van der Waals surface area contributed by atoms with Crippen LogP contribution in [0.4, 0.5) is 11.4 Å². The van der Waals surface area contributed by atoms with Crippen LogP contribution < -0.4 is 14.4 Å². The molecule has 2 aliphatic heterocycles.